The fourth-order valence-corrected chi connectivity index (χ4v) is 3.81. The van der Waals surface area contributed by atoms with E-state index in [-0.39, 0.29) is 23.5 Å². The number of carbonyl (C=O) groups excluding carboxylic acids is 1. The van der Waals surface area contributed by atoms with Crippen LogP contribution in [0.3, 0.4) is 0 Å². The van der Waals surface area contributed by atoms with Crippen molar-refractivity contribution in [1.29, 1.82) is 0 Å². The summed E-state index contributed by atoms with van der Waals surface area (Å²) >= 11 is 0. The average molecular weight is 456 g/mol. The second-order valence-corrected chi connectivity index (χ2v) is 9.83. The monoisotopic (exact) mass is 455 g/mol. The molecule has 0 spiro atoms. The minimum absolute atomic E-state index is 0.0995. The summed E-state index contributed by atoms with van der Waals surface area (Å²) in [6.45, 7) is 3.24. The summed E-state index contributed by atoms with van der Waals surface area (Å²) < 4.78 is 29.4. The van der Waals surface area contributed by atoms with Gasteiger partial charge in [-0.3, -0.25) is 4.79 Å². The molecule has 3 aromatic carbocycles. The van der Waals surface area contributed by atoms with Gasteiger partial charge >= 0.3 is 5.97 Å². The van der Waals surface area contributed by atoms with E-state index < -0.39 is 27.3 Å². The zero-order valence-corrected chi connectivity index (χ0v) is 18.9. The summed E-state index contributed by atoms with van der Waals surface area (Å²) in [5.41, 5.74) is -0.473. The number of ether oxygens (including phenoxy) is 1. The van der Waals surface area contributed by atoms with Gasteiger partial charge in [0.25, 0.3) is 5.91 Å². The summed E-state index contributed by atoms with van der Waals surface area (Å²) in [5, 5.41) is 13.7. The Bertz CT molecular complexity index is 1270. The van der Waals surface area contributed by atoms with E-state index in [4.69, 9.17) is 4.74 Å². The Morgan fingerprint density at radius 1 is 1.03 bits per heavy atom. The zero-order valence-electron chi connectivity index (χ0n) is 18.1. The van der Waals surface area contributed by atoms with Crippen LogP contribution in [0.2, 0.25) is 0 Å². The van der Waals surface area contributed by atoms with Gasteiger partial charge in [0, 0.05) is 11.6 Å². The molecule has 0 aliphatic carbocycles. The molecule has 0 aliphatic rings. The number of sulfone groups is 1. The Hall–Kier alpha value is -3.39. The molecule has 8 heteroatoms. The van der Waals surface area contributed by atoms with Gasteiger partial charge in [0.1, 0.15) is 17.9 Å². The maximum atomic E-state index is 13.0. The fourth-order valence-electron chi connectivity index (χ4n) is 3.18. The van der Waals surface area contributed by atoms with Crippen molar-refractivity contribution in [3.63, 3.8) is 0 Å². The van der Waals surface area contributed by atoms with Crippen LogP contribution in [0.25, 0.3) is 10.8 Å². The van der Waals surface area contributed by atoms with Crippen molar-refractivity contribution in [2.24, 2.45) is 0 Å². The van der Waals surface area contributed by atoms with Crippen LogP contribution in [0, 0.1) is 0 Å². The SMILES string of the molecule is CCC(C)(NC(=O)c1ccc2ccccc2c1OCc1ccc(S(C)(=O)=O)cc1)C(=O)O. The van der Waals surface area contributed by atoms with E-state index in [2.05, 4.69) is 5.32 Å². The minimum Gasteiger partial charge on any atom is -0.487 e. The summed E-state index contributed by atoms with van der Waals surface area (Å²) in [7, 11) is -3.30. The highest BCUT2D eigenvalue weighted by Gasteiger charge is 2.34. The van der Waals surface area contributed by atoms with E-state index in [1.54, 1.807) is 31.2 Å². The van der Waals surface area contributed by atoms with E-state index in [9.17, 15) is 23.1 Å². The smallest absolute Gasteiger partial charge is 0.329 e. The number of nitrogens with one attached hydrogen (secondary N) is 1. The number of rotatable bonds is 8. The third-order valence-corrected chi connectivity index (χ3v) is 6.56. The molecule has 0 bridgehead atoms. The first-order valence-corrected chi connectivity index (χ1v) is 11.9. The maximum absolute atomic E-state index is 13.0. The largest absolute Gasteiger partial charge is 0.487 e. The molecule has 168 valence electrons. The van der Waals surface area contributed by atoms with Crippen molar-refractivity contribution in [2.45, 2.75) is 37.3 Å². The molecule has 0 radical (unpaired) electrons. The zero-order chi connectivity index (χ0) is 23.5. The molecule has 3 rings (SSSR count). The molecule has 3 aromatic rings. The number of fused-ring (bicyclic) bond motifs is 1. The van der Waals surface area contributed by atoms with Crippen molar-refractivity contribution in [3.8, 4) is 5.75 Å². The van der Waals surface area contributed by atoms with Gasteiger partial charge in [0.15, 0.2) is 9.84 Å². The summed E-state index contributed by atoms with van der Waals surface area (Å²) in [6.07, 6.45) is 1.35. The molecule has 2 N–H and O–H groups in total. The van der Waals surface area contributed by atoms with Gasteiger partial charge in [-0.25, -0.2) is 13.2 Å². The molecule has 0 saturated heterocycles. The third-order valence-electron chi connectivity index (χ3n) is 5.43. The Labute approximate surface area is 186 Å². The first-order chi connectivity index (χ1) is 15.0. The summed E-state index contributed by atoms with van der Waals surface area (Å²) in [4.78, 5) is 24.9. The van der Waals surface area contributed by atoms with Crippen molar-refractivity contribution < 1.29 is 27.9 Å². The van der Waals surface area contributed by atoms with Crippen LogP contribution in [0.15, 0.2) is 65.6 Å². The Morgan fingerprint density at radius 2 is 1.69 bits per heavy atom. The number of carboxylic acids is 1. The maximum Gasteiger partial charge on any atom is 0.329 e. The molecular weight excluding hydrogens is 430 g/mol. The molecule has 0 aromatic heterocycles. The van der Waals surface area contributed by atoms with Gasteiger partial charge in [0.2, 0.25) is 0 Å². The molecule has 0 fully saturated rings. The normalized spacial score (nSPS) is 13.3. The third kappa shape index (κ3) is 4.91. The van der Waals surface area contributed by atoms with Gasteiger partial charge < -0.3 is 15.2 Å². The fraction of sp³-hybridized carbons (Fsp3) is 0.250. The van der Waals surface area contributed by atoms with Gasteiger partial charge in [-0.15, -0.1) is 0 Å². The van der Waals surface area contributed by atoms with Crippen LogP contribution in [0.1, 0.15) is 36.2 Å². The van der Waals surface area contributed by atoms with Gasteiger partial charge in [-0.2, -0.15) is 0 Å². The molecule has 0 heterocycles. The van der Waals surface area contributed by atoms with Gasteiger partial charge in [-0.05, 0) is 42.5 Å². The molecule has 0 aliphatic heterocycles. The molecular formula is C24H25NO6S. The molecule has 1 atom stereocenters. The van der Waals surface area contributed by atoms with Crippen LogP contribution in [0.5, 0.6) is 5.75 Å². The van der Waals surface area contributed by atoms with E-state index >= 15 is 0 Å². The summed E-state index contributed by atoms with van der Waals surface area (Å²) in [5.74, 6) is -1.34. The number of aliphatic carboxylic acids is 1. The second kappa shape index (κ2) is 9.00. The quantitative estimate of drug-likeness (QED) is 0.535. The summed E-state index contributed by atoms with van der Waals surface area (Å²) in [6, 6.07) is 17.1. The molecule has 32 heavy (non-hydrogen) atoms. The van der Waals surface area contributed by atoms with E-state index in [0.29, 0.717) is 11.1 Å². The lowest BCUT2D eigenvalue weighted by atomic mass is 9.97. The van der Waals surface area contributed by atoms with Crippen LogP contribution in [-0.2, 0) is 21.2 Å². The highest BCUT2D eigenvalue weighted by atomic mass is 32.2. The predicted octanol–water partition coefficient (Wildman–Crippen LogP) is 3.81. The molecule has 1 amide bonds. The van der Waals surface area contributed by atoms with Crippen LogP contribution in [0.4, 0.5) is 0 Å². The highest BCUT2D eigenvalue weighted by Crippen LogP contribution is 2.31. The Morgan fingerprint density at radius 3 is 2.28 bits per heavy atom. The highest BCUT2D eigenvalue weighted by molar-refractivity contribution is 7.90. The van der Waals surface area contributed by atoms with Gasteiger partial charge in [-0.1, -0.05) is 49.4 Å². The Balaban J connectivity index is 1.96. The van der Waals surface area contributed by atoms with E-state index in [1.807, 2.05) is 24.3 Å². The molecule has 1 unspecified atom stereocenters. The van der Waals surface area contributed by atoms with Crippen molar-refractivity contribution in [3.05, 3.63) is 71.8 Å². The number of carboxylic acid groups (broad SMARTS) is 1. The number of hydrogen-bond donors (Lipinski definition) is 2. The van der Waals surface area contributed by atoms with Crippen LogP contribution < -0.4 is 10.1 Å². The average Bonchev–Trinajstić information content (AvgIpc) is 2.76. The first kappa shape index (κ1) is 23.3. The minimum atomic E-state index is -3.30. The number of carbonyl (C=O) groups is 2. The van der Waals surface area contributed by atoms with E-state index in [0.717, 1.165) is 17.2 Å². The second-order valence-electron chi connectivity index (χ2n) is 7.81. The Kier molecular flexibility index (Phi) is 6.55. The van der Waals surface area contributed by atoms with Crippen molar-refractivity contribution in [2.75, 3.05) is 6.26 Å². The topological polar surface area (TPSA) is 110 Å². The number of benzene rings is 3. The van der Waals surface area contributed by atoms with Gasteiger partial charge in [0.05, 0.1) is 10.5 Å². The first-order valence-electron chi connectivity index (χ1n) is 10.0. The number of amides is 1. The lowest BCUT2D eigenvalue weighted by molar-refractivity contribution is -0.143. The van der Waals surface area contributed by atoms with Crippen LogP contribution >= 0.6 is 0 Å². The van der Waals surface area contributed by atoms with E-state index in [1.165, 1.54) is 19.1 Å². The number of hydrogen-bond acceptors (Lipinski definition) is 5. The predicted molar refractivity (Wildman–Crippen MR) is 122 cm³/mol. The standard InChI is InChI=1S/C24H25NO6S/c1-4-24(2,23(27)28)25-22(26)20-14-11-17-7-5-6-8-19(17)21(20)31-15-16-9-12-18(13-10-16)32(3,29)30/h5-14H,4,15H2,1-3H3,(H,25,26)(H,27,28). The lowest BCUT2D eigenvalue weighted by Crippen LogP contribution is -2.51. The lowest BCUT2D eigenvalue weighted by Gasteiger charge is -2.25. The van der Waals surface area contributed by atoms with Crippen molar-refractivity contribution in [1.82, 2.24) is 5.32 Å². The van der Waals surface area contributed by atoms with Crippen molar-refractivity contribution >= 4 is 32.5 Å². The molecule has 0 saturated carbocycles. The molecule has 7 nitrogen and oxygen atoms in total. The van der Waals surface area contributed by atoms with Crippen LogP contribution in [-0.4, -0.2) is 37.2 Å².